The summed E-state index contributed by atoms with van der Waals surface area (Å²) in [5, 5.41) is 3.09. The van der Waals surface area contributed by atoms with E-state index in [-0.39, 0.29) is 11.4 Å². The maximum absolute atomic E-state index is 12.7. The number of nitrogen functional groups attached to an aromatic ring is 1. The van der Waals surface area contributed by atoms with E-state index in [1.54, 1.807) is 0 Å². The smallest absolute Gasteiger partial charge is 0.225 e. The van der Waals surface area contributed by atoms with Crippen molar-refractivity contribution in [1.29, 1.82) is 0 Å². The number of rotatable bonds is 2. The number of halogens is 1. The van der Waals surface area contributed by atoms with Gasteiger partial charge < -0.3 is 11.1 Å². The van der Waals surface area contributed by atoms with E-state index in [1.807, 2.05) is 0 Å². The zero-order valence-corrected chi connectivity index (χ0v) is 7.34. The third-order valence-electron chi connectivity index (χ3n) is 2.18. The van der Waals surface area contributed by atoms with Crippen LogP contribution in [0, 0.1) is 5.82 Å². The molecule has 0 radical (unpaired) electrons. The van der Waals surface area contributed by atoms with Gasteiger partial charge in [0.15, 0.2) is 11.6 Å². The first-order valence-corrected chi connectivity index (χ1v) is 4.15. The predicted octanol–water partition coefficient (Wildman–Crippen LogP) is 1.16. The van der Waals surface area contributed by atoms with Gasteiger partial charge in [-0.25, -0.2) is 9.37 Å². The molecule has 0 aromatic carbocycles. The highest BCUT2D eigenvalue weighted by atomic mass is 19.1. The second-order valence-corrected chi connectivity index (χ2v) is 3.61. The number of nitrogens with one attached hydrogen (secondary N) is 1. The number of hydrogen-bond donors (Lipinski definition) is 2. The fraction of sp³-hybridized carbons (Fsp3) is 0.500. The minimum atomic E-state index is -0.577. The van der Waals surface area contributed by atoms with Crippen molar-refractivity contribution >= 4 is 11.8 Å². The summed E-state index contributed by atoms with van der Waals surface area (Å²) >= 11 is 0. The first-order chi connectivity index (χ1) is 6.09. The summed E-state index contributed by atoms with van der Waals surface area (Å²) in [6.07, 6.45) is 3.26. The Balaban J connectivity index is 2.17. The highest BCUT2D eigenvalue weighted by Gasteiger charge is 2.37. The van der Waals surface area contributed by atoms with Crippen molar-refractivity contribution in [3.05, 3.63) is 12.0 Å². The largest absolute Gasteiger partial charge is 0.381 e. The van der Waals surface area contributed by atoms with E-state index in [4.69, 9.17) is 5.73 Å². The molecule has 0 spiro atoms. The van der Waals surface area contributed by atoms with Gasteiger partial charge in [-0.1, -0.05) is 0 Å². The van der Waals surface area contributed by atoms with Gasteiger partial charge in [-0.2, -0.15) is 4.98 Å². The quantitative estimate of drug-likeness (QED) is 0.720. The number of anilines is 2. The second kappa shape index (κ2) is 2.55. The molecule has 3 N–H and O–H groups in total. The Kier molecular flexibility index (Phi) is 1.61. The van der Waals surface area contributed by atoms with Crippen molar-refractivity contribution < 1.29 is 4.39 Å². The van der Waals surface area contributed by atoms with E-state index in [0.29, 0.717) is 5.95 Å². The van der Waals surface area contributed by atoms with Crippen molar-refractivity contribution in [3.8, 4) is 0 Å². The normalized spacial score (nSPS) is 18.3. The summed E-state index contributed by atoms with van der Waals surface area (Å²) in [5.74, 6) is -0.285. The van der Waals surface area contributed by atoms with Crippen LogP contribution in [0.25, 0.3) is 0 Å². The van der Waals surface area contributed by atoms with Gasteiger partial charge in [-0.05, 0) is 19.8 Å². The minimum absolute atomic E-state index is 0.0876. The van der Waals surface area contributed by atoms with E-state index in [2.05, 4.69) is 22.2 Å². The fourth-order valence-electron chi connectivity index (χ4n) is 1.02. The van der Waals surface area contributed by atoms with Crippen molar-refractivity contribution in [3.63, 3.8) is 0 Å². The third kappa shape index (κ3) is 1.68. The Morgan fingerprint density at radius 3 is 2.85 bits per heavy atom. The molecule has 0 amide bonds. The van der Waals surface area contributed by atoms with Crippen molar-refractivity contribution in [1.82, 2.24) is 9.97 Å². The molecular formula is C8H11FN4. The molecule has 0 aliphatic heterocycles. The van der Waals surface area contributed by atoms with Gasteiger partial charge in [0.1, 0.15) is 0 Å². The lowest BCUT2D eigenvalue weighted by Crippen LogP contribution is -2.18. The van der Waals surface area contributed by atoms with Crippen LogP contribution in [0.1, 0.15) is 19.8 Å². The van der Waals surface area contributed by atoms with Crippen LogP contribution in [0.2, 0.25) is 0 Å². The number of nitrogens with zero attached hydrogens (tertiary/aromatic N) is 2. The van der Waals surface area contributed by atoms with E-state index in [9.17, 15) is 4.39 Å². The monoisotopic (exact) mass is 182 g/mol. The summed E-state index contributed by atoms with van der Waals surface area (Å²) in [6, 6.07) is 0. The van der Waals surface area contributed by atoms with Gasteiger partial charge in [0, 0.05) is 5.54 Å². The Morgan fingerprint density at radius 2 is 2.31 bits per heavy atom. The van der Waals surface area contributed by atoms with Gasteiger partial charge in [0.05, 0.1) is 6.20 Å². The third-order valence-corrected chi connectivity index (χ3v) is 2.18. The Morgan fingerprint density at radius 1 is 1.62 bits per heavy atom. The molecule has 1 aliphatic carbocycles. The molecule has 70 valence electrons. The molecule has 5 heteroatoms. The van der Waals surface area contributed by atoms with E-state index in [0.717, 1.165) is 19.0 Å². The Bertz CT molecular complexity index is 335. The molecule has 1 aromatic heterocycles. The molecule has 0 bridgehead atoms. The van der Waals surface area contributed by atoms with Crippen molar-refractivity contribution in [2.24, 2.45) is 0 Å². The van der Waals surface area contributed by atoms with Crippen molar-refractivity contribution in [2.75, 3.05) is 11.1 Å². The highest BCUT2D eigenvalue weighted by Crippen LogP contribution is 2.37. The zero-order valence-electron chi connectivity index (χ0n) is 7.34. The predicted molar refractivity (Wildman–Crippen MR) is 47.7 cm³/mol. The molecule has 1 heterocycles. The van der Waals surface area contributed by atoms with Crippen LogP contribution >= 0.6 is 0 Å². The first-order valence-electron chi connectivity index (χ1n) is 4.15. The summed E-state index contributed by atoms with van der Waals surface area (Å²) in [7, 11) is 0. The molecule has 1 aliphatic rings. The minimum Gasteiger partial charge on any atom is -0.381 e. The summed E-state index contributed by atoms with van der Waals surface area (Å²) in [6.45, 7) is 2.07. The van der Waals surface area contributed by atoms with E-state index in [1.165, 1.54) is 0 Å². The van der Waals surface area contributed by atoms with Crippen LogP contribution in [-0.4, -0.2) is 15.5 Å². The number of hydrogen-bond acceptors (Lipinski definition) is 4. The zero-order chi connectivity index (χ0) is 9.47. The van der Waals surface area contributed by atoms with E-state index < -0.39 is 5.82 Å². The lowest BCUT2D eigenvalue weighted by atomic mass is 10.3. The molecule has 1 fully saturated rings. The highest BCUT2D eigenvalue weighted by molar-refractivity contribution is 5.39. The second-order valence-electron chi connectivity index (χ2n) is 3.61. The summed E-state index contributed by atoms with van der Waals surface area (Å²) in [4.78, 5) is 7.57. The van der Waals surface area contributed by atoms with Crippen LogP contribution in [0.3, 0.4) is 0 Å². The molecule has 2 rings (SSSR count). The average Bonchev–Trinajstić information content (AvgIpc) is 2.76. The van der Waals surface area contributed by atoms with Crippen LogP contribution in [-0.2, 0) is 0 Å². The average molecular weight is 182 g/mol. The summed E-state index contributed by atoms with van der Waals surface area (Å²) < 4.78 is 12.7. The van der Waals surface area contributed by atoms with Crippen LogP contribution in [0.4, 0.5) is 16.2 Å². The van der Waals surface area contributed by atoms with Crippen molar-refractivity contribution in [2.45, 2.75) is 25.3 Å². The van der Waals surface area contributed by atoms with E-state index >= 15 is 0 Å². The fourth-order valence-corrected chi connectivity index (χ4v) is 1.02. The molecule has 0 atom stereocenters. The van der Waals surface area contributed by atoms with Gasteiger partial charge in [-0.3, -0.25) is 0 Å². The van der Waals surface area contributed by atoms with Gasteiger partial charge in [0.2, 0.25) is 5.95 Å². The SMILES string of the molecule is CC1(Nc2ncc(F)c(N)n2)CC1. The first kappa shape index (κ1) is 8.22. The lowest BCUT2D eigenvalue weighted by molar-refractivity contribution is 0.619. The maximum Gasteiger partial charge on any atom is 0.225 e. The topological polar surface area (TPSA) is 63.8 Å². The Hall–Kier alpha value is -1.39. The van der Waals surface area contributed by atoms with Gasteiger partial charge >= 0.3 is 0 Å². The molecular weight excluding hydrogens is 171 g/mol. The maximum atomic E-state index is 12.7. The molecule has 0 unspecified atom stereocenters. The molecule has 4 nitrogen and oxygen atoms in total. The number of nitrogens with two attached hydrogens (primary N) is 1. The van der Waals surface area contributed by atoms with Gasteiger partial charge in [0.25, 0.3) is 0 Å². The van der Waals surface area contributed by atoms with Crippen LogP contribution in [0.15, 0.2) is 6.20 Å². The number of aromatic nitrogens is 2. The molecule has 1 aromatic rings. The lowest BCUT2D eigenvalue weighted by Gasteiger charge is -2.10. The molecule has 13 heavy (non-hydrogen) atoms. The summed E-state index contributed by atoms with van der Waals surface area (Å²) in [5.41, 5.74) is 5.38. The standard InChI is InChI=1S/C8H11FN4/c1-8(2-3-8)13-7-11-4-5(9)6(10)12-7/h4H,2-3H2,1H3,(H3,10,11,12,13). The van der Waals surface area contributed by atoms with Crippen LogP contribution in [0.5, 0.6) is 0 Å². The Labute approximate surface area is 75.4 Å². The molecule has 1 saturated carbocycles. The molecule has 0 saturated heterocycles. The van der Waals surface area contributed by atoms with Gasteiger partial charge in [-0.15, -0.1) is 0 Å². The van der Waals surface area contributed by atoms with Crippen LogP contribution < -0.4 is 11.1 Å².